The van der Waals surface area contributed by atoms with E-state index in [1.807, 2.05) is 67.6 Å². The van der Waals surface area contributed by atoms with E-state index in [1.165, 1.54) is 6.20 Å². The Hall–Kier alpha value is -4.24. The maximum absolute atomic E-state index is 13.6. The van der Waals surface area contributed by atoms with Crippen LogP contribution >= 0.6 is 0 Å². The number of carbonyl (C=O) groups is 2. The van der Waals surface area contributed by atoms with Gasteiger partial charge in [0.05, 0.1) is 36.3 Å². The molecule has 0 unspecified atom stereocenters. The lowest BCUT2D eigenvalue weighted by atomic mass is 10.1. The molecule has 1 aliphatic heterocycles. The minimum Gasteiger partial charge on any atom is -0.378 e. The summed E-state index contributed by atoms with van der Waals surface area (Å²) in [7, 11) is 0. The number of benzene rings is 2. The highest BCUT2D eigenvalue weighted by atomic mass is 16.5. The maximum Gasteiger partial charge on any atom is 0.274 e. The summed E-state index contributed by atoms with van der Waals surface area (Å²) < 4.78 is 8.67. The van der Waals surface area contributed by atoms with Crippen LogP contribution in [-0.4, -0.2) is 62.6 Å². The number of carbonyl (C=O) groups excluding carboxylic acids is 2. The zero-order valence-electron chi connectivity index (χ0n) is 19.4. The molecule has 1 aliphatic rings. The number of rotatable bonds is 6. The molecule has 0 radical (unpaired) electrons. The molecule has 5 rings (SSSR count). The van der Waals surface area contributed by atoms with Crippen LogP contribution in [0.5, 0.6) is 0 Å². The van der Waals surface area contributed by atoms with Crippen molar-refractivity contribution in [3.63, 3.8) is 0 Å². The van der Waals surface area contributed by atoms with Gasteiger partial charge in [0, 0.05) is 31.4 Å². The number of ether oxygens (including phenoxy) is 1. The lowest BCUT2D eigenvalue weighted by Crippen LogP contribution is -2.41. The maximum atomic E-state index is 13.6. The first-order valence-electron chi connectivity index (χ1n) is 11.6. The summed E-state index contributed by atoms with van der Waals surface area (Å²) in [5.74, 6) is -0.538. The Morgan fingerprint density at radius 2 is 1.69 bits per heavy atom. The van der Waals surface area contributed by atoms with Crippen molar-refractivity contribution in [1.82, 2.24) is 24.5 Å². The molecule has 0 bridgehead atoms. The molecule has 1 N–H and O–H groups in total. The monoisotopic (exact) mass is 470 g/mol. The highest BCUT2D eigenvalue weighted by Gasteiger charge is 2.27. The zero-order valence-corrected chi connectivity index (χ0v) is 19.4. The molecule has 3 heterocycles. The first kappa shape index (κ1) is 22.5. The minimum absolute atomic E-state index is 0.175. The van der Waals surface area contributed by atoms with E-state index in [0.717, 1.165) is 11.3 Å². The van der Waals surface area contributed by atoms with E-state index < -0.39 is 0 Å². The van der Waals surface area contributed by atoms with Crippen molar-refractivity contribution in [2.24, 2.45) is 0 Å². The number of para-hydroxylation sites is 1. The predicted octanol–water partition coefficient (Wildman–Crippen LogP) is 3.48. The molecular formula is C26H26N6O3. The normalized spacial score (nSPS) is 13.6. The Labute approximate surface area is 202 Å². The lowest BCUT2D eigenvalue weighted by Gasteiger charge is -2.27. The highest BCUT2D eigenvalue weighted by molar-refractivity contribution is 6.11. The number of nitrogens with one attached hydrogen (secondary N) is 1. The first-order valence-corrected chi connectivity index (χ1v) is 11.6. The van der Waals surface area contributed by atoms with Crippen molar-refractivity contribution in [1.29, 1.82) is 0 Å². The van der Waals surface area contributed by atoms with E-state index in [9.17, 15) is 9.59 Å². The van der Waals surface area contributed by atoms with E-state index in [2.05, 4.69) is 10.4 Å². The van der Waals surface area contributed by atoms with E-state index >= 15 is 0 Å². The van der Waals surface area contributed by atoms with Gasteiger partial charge in [0.25, 0.3) is 11.8 Å². The molecule has 1 saturated heterocycles. The summed E-state index contributed by atoms with van der Waals surface area (Å²) in [6.07, 6.45) is 3.24. The molecular weight excluding hydrogens is 444 g/mol. The molecule has 35 heavy (non-hydrogen) atoms. The highest BCUT2D eigenvalue weighted by Crippen LogP contribution is 2.26. The number of hydrogen-bond acceptors (Lipinski definition) is 5. The second-order valence-electron chi connectivity index (χ2n) is 8.12. The van der Waals surface area contributed by atoms with Gasteiger partial charge in [-0.05, 0) is 19.1 Å². The molecule has 1 fully saturated rings. The molecule has 2 aromatic carbocycles. The molecule has 9 heteroatoms. The van der Waals surface area contributed by atoms with Crippen molar-refractivity contribution in [3.05, 3.63) is 84.3 Å². The third-order valence-corrected chi connectivity index (χ3v) is 5.91. The summed E-state index contributed by atoms with van der Waals surface area (Å²) >= 11 is 0. The van der Waals surface area contributed by atoms with Crippen LogP contribution in [0.1, 0.15) is 27.8 Å². The van der Waals surface area contributed by atoms with Gasteiger partial charge in [0.1, 0.15) is 11.4 Å². The number of amides is 2. The summed E-state index contributed by atoms with van der Waals surface area (Å²) in [6.45, 7) is 4.40. The van der Waals surface area contributed by atoms with Crippen LogP contribution in [0.2, 0.25) is 0 Å². The van der Waals surface area contributed by atoms with E-state index in [4.69, 9.17) is 9.84 Å². The van der Waals surface area contributed by atoms with Crippen molar-refractivity contribution in [2.75, 3.05) is 31.6 Å². The van der Waals surface area contributed by atoms with Crippen LogP contribution in [-0.2, 0) is 11.3 Å². The number of aromatic nitrogens is 4. The van der Waals surface area contributed by atoms with Crippen LogP contribution < -0.4 is 5.32 Å². The fourth-order valence-corrected chi connectivity index (χ4v) is 4.11. The molecule has 0 atom stereocenters. The number of morpholine rings is 1. The molecule has 178 valence electrons. The van der Waals surface area contributed by atoms with Gasteiger partial charge in [-0.25, -0.2) is 4.68 Å². The minimum atomic E-state index is -0.363. The molecule has 2 amide bonds. The van der Waals surface area contributed by atoms with Gasteiger partial charge < -0.3 is 15.0 Å². The molecule has 2 aromatic heterocycles. The second kappa shape index (κ2) is 9.94. The van der Waals surface area contributed by atoms with Crippen molar-refractivity contribution < 1.29 is 14.3 Å². The average Bonchev–Trinajstić information content (AvgIpc) is 3.54. The van der Waals surface area contributed by atoms with E-state index in [1.54, 1.807) is 20.5 Å². The fraction of sp³-hybridized carbons (Fsp3) is 0.231. The second-order valence-corrected chi connectivity index (χ2v) is 8.12. The number of aryl methyl sites for hydroxylation is 1. The Morgan fingerprint density at radius 3 is 2.37 bits per heavy atom. The van der Waals surface area contributed by atoms with E-state index in [-0.39, 0.29) is 11.8 Å². The van der Waals surface area contributed by atoms with Gasteiger partial charge in [-0.3, -0.25) is 14.3 Å². The first-order chi connectivity index (χ1) is 17.2. The zero-order chi connectivity index (χ0) is 24.2. The SMILES string of the molecule is CCn1ncc(NC(=O)c2cn(-c3ccccc3)nc2-c2ccccc2)c1C(=O)N1CCOCC1. The Morgan fingerprint density at radius 1 is 1.00 bits per heavy atom. The Balaban J connectivity index is 1.50. The quantitative estimate of drug-likeness (QED) is 0.466. The third-order valence-electron chi connectivity index (χ3n) is 5.91. The third kappa shape index (κ3) is 4.58. The van der Waals surface area contributed by atoms with Crippen LogP contribution in [0, 0.1) is 0 Å². The lowest BCUT2D eigenvalue weighted by molar-refractivity contribution is 0.0295. The van der Waals surface area contributed by atoms with Gasteiger partial charge in [0.15, 0.2) is 0 Å². The standard InChI is InChI=1S/C26H26N6O3/c1-2-31-24(26(34)30-13-15-35-16-14-30)22(17-27-31)28-25(33)21-18-32(20-11-7-4-8-12-20)29-23(21)19-9-5-3-6-10-19/h3-12,17-18H,2,13-16H2,1H3,(H,28,33). The van der Waals surface area contributed by atoms with Gasteiger partial charge in [-0.15, -0.1) is 0 Å². The summed E-state index contributed by atoms with van der Waals surface area (Å²) in [6, 6.07) is 19.2. The van der Waals surface area contributed by atoms with Crippen molar-refractivity contribution in [3.8, 4) is 16.9 Å². The van der Waals surface area contributed by atoms with Gasteiger partial charge in [-0.1, -0.05) is 48.5 Å². The van der Waals surface area contributed by atoms with Gasteiger partial charge in [0.2, 0.25) is 0 Å². The largest absolute Gasteiger partial charge is 0.378 e. The summed E-state index contributed by atoms with van der Waals surface area (Å²) in [5.41, 5.74) is 3.34. The molecule has 4 aromatic rings. The molecule has 9 nitrogen and oxygen atoms in total. The topological polar surface area (TPSA) is 94.3 Å². The Bertz CT molecular complexity index is 1320. The molecule has 0 saturated carbocycles. The van der Waals surface area contributed by atoms with E-state index in [0.29, 0.717) is 55.5 Å². The number of hydrogen-bond donors (Lipinski definition) is 1. The smallest absolute Gasteiger partial charge is 0.274 e. The molecule has 0 aliphatic carbocycles. The number of anilines is 1. The van der Waals surface area contributed by atoms with Gasteiger partial charge in [-0.2, -0.15) is 10.2 Å². The van der Waals surface area contributed by atoms with Crippen molar-refractivity contribution >= 4 is 17.5 Å². The number of nitrogens with zero attached hydrogens (tertiary/aromatic N) is 5. The summed E-state index contributed by atoms with van der Waals surface area (Å²) in [4.78, 5) is 28.6. The van der Waals surface area contributed by atoms with Crippen LogP contribution in [0.15, 0.2) is 73.1 Å². The van der Waals surface area contributed by atoms with Gasteiger partial charge >= 0.3 is 0 Å². The van der Waals surface area contributed by atoms with Crippen LogP contribution in [0.3, 0.4) is 0 Å². The fourth-order valence-electron chi connectivity index (χ4n) is 4.11. The van der Waals surface area contributed by atoms with Crippen LogP contribution in [0.25, 0.3) is 16.9 Å². The summed E-state index contributed by atoms with van der Waals surface area (Å²) in [5, 5.41) is 12.0. The average molecular weight is 471 g/mol. The van der Waals surface area contributed by atoms with Crippen LogP contribution in [0.4, 0.5) is 5.69 Å². The Kier molecular flexibility index (Phi) is 6.40. The molecule has 0 spiro atoms. The predicted molar refractivity (Wildman–Crippen MR) is 132 cm³/mol. The van der Waals surface area contributed by atoms with Crippen molar-refractivity contribution in [2.45, 2.75) is 13.5 Å².